The zero-order valence-corrected chi connectivity index (χ0v) is 11.4. The highest BCUT2D eigenvalue weighted by Gasteiger charge is 2.29. The van der Waals surface area contributed by atoms with Crippen LogP contribution < -0.4 is 4.74 Å². The molecule has 0 spiro atoms. The second-order valence-corrected chi connectivity index (χ2v) is 7.07. The maximum Gasteiger partial charge on any atom is 0.154 e. The lowest BCUT2D eigenvalue weighted by Crippen LogP contribution is -2.18. The Hall–Kier alpha value is -1.07. The van der Waals surface area contributed by atoms with Gasteiger partial charge in [-0.15, -0.1) is 0 Å². The Kier molecular flexibility index (Phi) is 3.64. The third kappa shape index (κ3) is 3.03. The third-order valence-corrected chi connectivity index (χ3v) is 4.90. The van der Waals surface area contributed by atoms with Gasteiger partial charge in [-0.2, -0.15) is 0 Å². The van der Waals surface area contributed by atoms with Crippen molar-refractivity contribution in [1.29, 1.82) is 0 Å². The molecule has 1 aromatic carbocycles. The summed E-state index contributed by atoms with van der Waals surface area (Å²) in [5.41, 5.74) is 1.75. The molecule has 0 aliphatic carbocycles. The minimum absolute atomic E-state index is 0.102. The maximum absolute atomic E-state index is 11.3. The first kappa shape index (κ1) is 13.4. The molecule has 1 N–H and O–H groups in total. The van der Waals surface area contributed by atoms with E-state index in [2.05, 4.69) is 0 Å². The van der Waals surface area contributed by atoms with Gasteiger partial charge in [0.1, 0.15) is 11.9 Å². The minimum atomic E-state index is -2.92. The molecule has 100 valence electrons. The monoisotopic (exact) mass is 270 g/mol. The van der Waals surface area contributed by atoms with Crippen molar-refractivity contribution in [2.45, 2.75) is 32.5 Å². The summed E-state index contributed by atoms with van der Waals surface area (Å²) in [6.07, 6.45) is -0.198. The molecule has 1 aliphatic heterocycles. The molecule has 5 heteroatoms. The van der Waals surface area contributed by atoms with Crippen molar-refractivity contribution in [2.75, 3.05) is 11.5 Å². The van der Waals surface area contributed by atoms with Crippen molar-refractivity contribution in [3.8, 4) is 5.75 Å². The molecule has 0 amide bonds. The van der Waals surface area contributed by atoms with Crippen LogP contribution in [0.3, 0.4) is 0 Å². The number of sulfone groups is 1. The van der Waals surface area contributed by atoms with Crippen LogP contribution in [-0.2, 0) is 9.84 Å². The van der Waals surface area contributed by atoms with Gasteiger partial charge in [-0.25, -0.2) is 8.42 Å². The van der Waals surface area contributed by atoms with Crippen LogP contribution in [0.5, 0.6) is 5.75 Å². The van der Waals surface area contributed by atoms with Gasteiger partial charge in [0, 0.05) is 0 Å². The summed E-state index contributed by atoms with van der Waals surface area (Å²) in [7, 11) is -2.92. The fraction of sp³-hybridized carbons (Fsp3) is 0.538. The molecule has 1 saturated heterocycles. The van der Waals surface area contributed by atoms with Crippen molar-refractivity contribution in [2.24, 2.45) is 0 Å². The Morgan fingerprint density at radius 1 is 1.44 bits per heavy atom. The first-order valence-electron chi connectivity index (χ1n) is 6.03. The average Bonchev–Trinajstić information content (AvgIpc) is 2.61. The molecule has 0 saturated carbocycles. The number of aliphatic hydroxyl groups excluding tert-OH is 1. The van der Waals surface area contributed by atoms with E-state index in [0.29, 0.717) is 12.2 Å². The van der Waals surface area contributed by atoms with Crippen LogP contribution in [0, 0.1) is 6.92 Å². The van der Waals surface area contributed by atoms with E-state index in [1.807, 2.05) is 13.0 Å². The number of ether oxygens (including phenoxy) is 1. The summed E-state index contributed by atoms with van der Waals surface area (Å²) in [6.45, 7) is 3.60. The number of rotatable bonds is 3. The predicted octanol–water partition coefficient (Wildman–Crippen LogP) is 1.61. The second kappa shape index (κ2) is 4.90. The molecular formula is C13H18O4S. The van der Waals surface area contributed by atoms with Crippen LogP contribution in [0.1, 0.15) is 30.6 Å². The quantitative estimate of drug-likeness (QED) is 0.906. The highest BCUT2D eigenvalue weighted by Crippen LogP contribution is 2.26. The summed E-state index contributed by atoms with van der Waals surface area (Å²) in [4.78, 5) is 0. The Balaban J connectivity index is 2.11. The lowest BCUT2D eigenvalue weighted by atomic mass is 10.1. The first-order chi connectivity index (χ1) is 8.37. The Labute approximate surface area is 108 Å². The lowest BCUT2D eigenvalue weighted by molar-refractivity contribution is 0.198. The van der Waals surface area contributed by atoms with Gasteiger partial charge in [0.05, 0.1) is 17.6 Å². The molecule has 2 atom stereocenters. The van der Waals surface area contributed by atoms with E-state index in [9.17, 15) is 13.5 Å². The number of aryl methyl sites for hydroxylation is 1. The SMILES string of the molecule is Cc1cc([C@@H](C)O)ccc1OC1CCS(=O)(=O)C1. The van der Waals surface area contributed by atoms with Crippen molar-refractivity contribution in [3.63, 3.8) is 0 Å². The zero-order chi connectivity index (χ0) is 13.3. The van der Waals surface area contributed by atoms with Crippen LogP contribution in [0.15, 0.2) is 18.2 Å². The Bertz CT molecular complexity index is 534. The summed E-state index contributed by atoms with van der Waals surface area (Å²) < 4.78 is 28.4. The van der Waals surface area contributed by atoms with Gasteiger partial charge in [0.15, 0.2) is 9.84 Å². The van der Waals surface area contributed by atoms with E-state index in [0.717, 1.165) is 11.1 Å². The maximum atomic E-state index is 11.3. The van der Waals surface area contributed by atoms with Gasteiger partial charge < -0.3 is 9.84 Å². The largest absolute Gasteiger partial charge is 0.489 e. The molecule has 0 bridgehead atoms. The average molecular weight is 270 g/mol. The molecule has 0 radical (unpaired) electrons. The molecule has 1 heterocycles. The molecular weight excluding hydrogens is 252 g/mol. The van der Waals surface area contributed by atoms with Gasteiger partial charge in [-0.1, -0.05) is 6.07 Å². The van der Waals surface area contributed by atoms with Crippen LogP contribution in [-0.4, -0.2) is 31.1 Å². The summed E-state index contributed by atoms with van der Waals surface area (Å²) >= 11 is 0. The first-order valence-corrected chi connectivity index (χ1v) is 7.85. The fourth-order valence-electron chi connectivity index (χ4n) is 2.10. The second-order valence-electron chi connectivity index (χ2n) is 4.84. The van der Waals surface area contributed by atoms with Gasteiger partial charge in [0.2, 0.25) is 0 Å². The molecule has 0 aromatic heterocycles. The van der Waals surface area contributed by atoms with Gasteiger partial charge in [0.25, 0.3) is 0 Å². The number of hydrogen-bond donors (Lipinski definition) is 1. The van der Waals surface area contributed by atoms with Gasteiger partial charge in [-0.3, -0.25) is 0 Å². The van der Waals surface area contributed by atoms with E-state index in [-0.39, 0.29) is 17.6 Å². The van der Waals surface area contributed by atoms with E-state index in [1.165, 1.54) is 0 Å². The zero-order valence-electron chi connectivity index (χ0n) is 10.6. The van der Waals surface area contributed by atoms with Crippen molar-refractivity contribution in [3.05, 3.63) is 29.3 Å². The Morgan fingerprint density at radius 2 is 2.17 bits per heavy atom. The molecule has 1 fully saturated rings. The van der Waals surface area contributed by atoms with Crippen molar-refractivity contribution < 1.29 is 18.3 Å². The molecule has 4 nitrogen and oxygen atoms in total. The molecule has 1 aromatic rings. The minimum Gasteiger partial charge on any atom is -0.489 e. The van der Waals surface area contributed by atoms with Crippen molar-refractivity contribution in [1.82, 2.24) is 0 Å². The van der Waals surface area contributed by atoms with E-state index in [1.54, 1.807) is 19.1 Å². The van der Waals surface area contributed by atoms with Crippen LogP contribution in [0.4, 0.5) is 0 Å². The summed E-state index contributed by atoms with van der Waals surface area (Å²) in [6, 6.07) is 5.46. The topological polar surface area (TPSA) is 63.6 Å². The van der Waals surface area contributed by atoms with Gasteiger partial charge in [-0.05, 0) is 43.5 Å². The van der Waals surface area contributed by atoms with E-state index in [4.69, 9.17) is 4.74 Å². The summed E-state index contributed by atoms with van der Waals surface area (Å²) in [5.74, 6) is 1.01. The van der Waals surface area contributed by atoms with E-state index >= 15 is 0 Å². The molecule has 18 heavy (non-hydrogen) atoms. The third-order valence-electron chi connectivity index (χ3n) is 3.17. The van der Waals surface area contributed by atoms with Crippen molar-refractivity contribution >= 4 is 9.84 Å². The Morgan fingerprint density at radius 3 is 2.67 bits per heavy atom. The van der Waals surface area contributed by atoms with E-state index < -0.39 is 15.9 Å². The highest BCUT2D eigenvalue weighted by molar-refractivity contribution is 7.91. The van der Waals surface area contributed by atoms with Crippen LogP contribution in [0.25, 0.3) is 0 Å². The lowest BCUT2D eigenvalue weighted by Gasteiger charge is -2.15. The van der Waals surface area contributed by atoms with Crippen LogP contribution in [0.2, 0.25) is 0 Å². The highest BCUT2D eigenvalue weighted by atomic mass is 32.2. The number of hydrogen-bond acceptors (Lipinski definition) is 4. The number of aliphatic hydroxyl groups is 1. The smallest absolute Gasteiger partial charge is 0.154 e. The van der Waals surface area contributed by atoms with Gasteiger partial charge >= 0.3 is 0 Å². The normalized spacial score (nSPS) is 23.8. The fourth-order valence-corrected chi connectivity index (χ4v) is 3.69. The molecule has 1 unspecified atom stereocenters. The predicted molar refractivity (Wildman–Crippen MR) is 69.5 cm³/mol. The number of benzene rings is 1. The standard InChI is InChI=1S/C13H18O4S/c1-9-7-11(10(2)14)3-4-13(9)17-12-5-6-18(15,16)8-12/h3-4,7,10,12,14H,5-6,8H2,1-2H3/t10-,12?/m1/s1. The van der Waals surface area contributed by atoms with Crippen LogP contribution >= 0.6 is 0 Å². The molecule has 2 rings (SSSR count). The molecule has 1 aliphatic rings. The summed E-state index contributed by atoms with van der Waals surface area (Å²) in [5, 5.41) is 9.47.